The Morgan fingerprint density at radius 1 is 0.941 bits per heavy atom. The average molecular weight is 226 g/mol. The molecule has 3 nitrogen and oxygen atoms in total. The van der Waals surface area contributed by atoms with E-state index in [4.69, 9.17) is 0 Å². The highest BCUT2D eigenvalue weighted by Crippen LogP contribution is 2.23. The lowest BCUT2D eigenvalue weighted by atomic mass is 10.00. The monoisotopic (exact) mass is 226 g/mol. The molecule has 0 saturated carbocycles. The Morgan fingerprint density at radius 2 is 1.59 bits per heavy atom. The van der Waals surface area contributed by atoms with Crippen molar-refractivity contribution in [2.24, 2.45) is 0 Å². The van der Waals surface area contributed by atoms with E-state index < -0.39 is 5.97 Å². The summed E-state index contributed by atoms with van der Waals surface area (Å²) in [6.07, 6.45) is 0. The van der Waals surface area contributed by atoms with Gasteiger partial charge in [-0.2, -0.15) is 0 Å². The minimum absolute atomic E-state index is 0.143. The van der Waals surface area contributed by atoms with Crippen LogP contribution in [0.15, 0.2) is 54.6 Å². The Balaban J connectivity index is 2.48. The highest BCUT2D eigenvalue weighted by molar-refractivity contribution is 5.99. The third-order valence-corrected chi connectivity index (χ3v) is 2.39. The first-order valence-electron chi connectivity index (χ1n) is 5.12. The van der Waals surface area contributed by atoms with Gasteiger partial charge in [-0.1, -0.05) is 48.5 Å². The summed E-state index contributed by atoms with van der Waals surface area (Å²) >= 11 is 0. The molecule has 84 valence electrons. The van der Waals surface area contributed by atoms with Crippen LogP contribution in [0.4, 0.5) is 0 Å². The SMILES string of the molecule is O=COC(=O)c1ccccc1-c1ccccc1. The normalized spacial score (nSPS) is 9.65. The van der Waals surface area contributed by atoms with Crippen molar-refractivity contribution >= 4 is 12.4 Å². The summed E-state index contributed by atoms with van der Waals surface area (Å²) in [7, 11) is 0. The molecule has 0 unspecified atom stereocenters. The fraction of sp³-hybridized carbons (Fsp3) is 0. The first kappa shape index (κ1) is 11.1. The average Bonchev–Trinajstić information content (AvgIpc) is 2.40. The Labute approximate surface area is 98.7 Å². The first-order chi connectivity index (χ1) is 8.33. The number of benzene rings is 2. The van der Waals surface area contributed by atoms with E-state index in [9.17, 15) is 9.59 Å². The predicted octanol–water partition coefficient (Wildman–Crippen LogP) is 2.67. The van der Waals surface area contributed by atoms with E-state index in [-0.39, 0.29) is 6.47 Å². The molecule has 17 heavy (non-hydrogen) atoms. The van der Waals surface area contributed by atoms with Gasteiger partial charge in [0.05, 0.1) is 5.56 Å². The molecule has 0 fully saturated rings. The number of carbonyl (C=O) groups excluding carboxylic acids is 2. The molecule has 2 aromatic carbocycles. The van der Waals surface area contributed by atoms with E-state index in [0.717, 1.165) is 11.1 Å². The fourth-order valence-electron chi connectivity index (χ4n) is 1.64. The van der Waals surface area contributed by atoms with Crippen LogP contribution in [-0.2, 0) is 9.53 Å². The van der Waals surface area contributed by atoms with Crippen molar-refractivity contribution in [3.63, 3.8) is 0 Å². The lowest BCUT2D eigenvalue weighted by Gasteiger charge is -2.06. The molecule has 0 bridgehead atoms. The molecule has 0 saturated heterocycles. The molecule has 0 amide bonds. The maximum atomic E-state index is 11.6. The molecular weight excluding hydrogens is 216 g/mol. The van der Waals surface area contributed by atoms with Gasteiger partial charge in [-0.25, -0.2) is 4.79 Å². The molecule has 0 aliphatic carbocycles. The smallest absolute Gasteiger partial charge is 0.346 e. The molecule has 0 aliphatic rings. The van der Waals surface area contributed by atoms with Gasteiger partial charge < -0.3 is 4.74 Å². The Hall–Kier alpha value is -2.42. The molecule has 2 rings (SSSR count). The van der Waals surface area contributed by atoms with Crippen molar-refractivity contribution in [2.45, 2.75) is 0 Å². The van der Waals surface area contributed by atoms with Crippen LogP contribution in [0.3, 0.4) is 0 Å². The number of ether oxygens (including phenoxy) is 1. The molecule has 3 heteroatoms. The van der Waals surface area contributed by atoms with Crippen molar-refractivity contribution in [2.75, 3.05) is 0 Å². The number of carbonyl (C=O) groups is 2. The minimum Gasteiger partial charge on any atom is -0.392 e. The van der Waals surface area contributed by atoms with Gasteiger partial charge in [-0.3, -0.25) is 4.79 Å². The van der Waals surface area contributed by atoms with Crippen LogP contribution < -0.4 is 0 Å². The van der Waals surface area contributed by atoms with Gasteiger partial charge >= 0.3 is 12.4 Å². The van der Waals surface area contributed by atoms with Crippen molar-refractivity contribution in [1.82, 2.24) is 0 Å². The number of hydrogen-bond donors (Lipinski definition) is 0. The van der Waals surface area contributed by atoms with Gasteiger partial charge in [0, 0.05) is 0 Å². The molecule has 0 N–H and O–H groups in total. The van der Waals surface area contributed by atoms with Crippen LogP contribution >= 0.6 is 0 Å². The fourth-order valence-corrected chi connectivity index (χ4v) is 1.64. The van der Waals surface area contributed by atoms with E-state index >= 15 is 0 Å². The maximum absolute atomic E-state index is 11.6. The Kier molecular flexibility index (Phi) is 3.31. The van der Waals surface area contributed by atoms with Crippen LogP contribution in [0.25, 0.3) is 11.1 Å². The third-order valence-electron chi connectivity index (χ3n) is 2.39. The Bertz CT molecular complexity index is 532. The van der Waals surface area contributed by atoms with Crippen LogP contribution in [-0.4, -0.2) is 12.4 Å². The lowest BCUT2D eigenvalue weighted by molar-refractivity contribution is -0.123. The van der Waals surface area contributed by atoms with E-state index in [2.05, 4.69) is 4.74 Å². The summed E-state index contributed by atoms with van der Waals surface area (Å²) in [5.41, 5.74) is 2.04. The van der Waals surface area contributed by atoms with Crippen molar-refractivity contribution in [3.05, 3.63) is 60.2 Å². The van der Waals surface area contributed by atoms with Crippen molar-refractivity contribution < 1.29 is 14.3 Å². The Morgan fingerprint density at radius 3 is 2.29 bits per heavy atom. The van der Waals surface area contributed by atoms with Crippen LogP contribution in [0, 0.1) is 0 Å². The van der Waals surface area contributed by atoms with Gasteiger partial charge in [-0.05, 0) is 17.2 Å². The van der Waals surface area contributed by atoms with Crippen molar-refractivity contribution in [3.8, 4) is 11.1 Å². The van der Waals surface area contributed by atoms with Crippen molar-refractivity contribution in [1.29, 1.82) is 0 Å². The molecule has 0 aromatic heterocycles. The summed E-state index contributed by atoms with van der Waals surface area (Å²) < 4.78 is 4.37. The van der Waals surface area contributed by atoms with E-state index in [1.807, 2.05) is 42.5 Å². The van der Waals surface area contributed by atoms with Crippen LogP contribution in [0.2, 0.25) is 0 Å². The predicted molar refractivity (Wildman–Crippen MR) is 63.4 cm³/mol. The molecule has 0 aliphatic heterocycles. The molecule has 2 aromatic rings. The second-order valence-corrected chi connectivity index (χ2v) is 3.41. The van der Waals surface area contributed by atoms with E-state index in [1.54, 1.807) is 12.1 Å². The lowest BCUT2D eigenvalue weighted by Crippen LogP contribution is -2.05. The van der Waals surface area contributed by atoms with Gasteiger partial charge in [-0.15, -0.1) is 0 Å². The zero-order valence-corrected chi connectivity index (χ0v) is 9.00. The molecule has 0 radical (unpaired) electrons. The second kappa shape index (κ2) is 5.07. The quantitative estimate of drug-likeness (QED) is 0.459. The zero-order chi connectivity index (χ0) is 12.1. The van der Waals surface area contributed by atoms with Crippen LogP contribution in [0.1, 0.15) is 10.4 Å². The van der Waals surface area contributed by atoms with Crippen LogP contribution in [0.5, 0.6) is 0 Å². The summed E-state index contributed by atoms with van der Waals surface area (Å²) in [4.78, 5) is 21.8. The van der Waals surface area contributed by atoms with Gasteiger partial charge in [0.15, 0.2) is 0 Å². The number of hydrogen-bond acceptors (Lipinski definition) is 3. The number of esters is 1. The summed E-state index contributed by atoms with van der Waals surface area (Å²) in [5, 5.41) is 0. The standard InChI is InChI=1S/C14H10O3/c15-10-17-14(16)13-9-5-4-8-12(13)11-6-2-1-3-7-11/h1-10H. The summed E-state index contributed by atoms with van der Waals surface area (Å²) in [6, 6.07) is 16.5. The third kappa shape index (κ3) is 2.39. The van der Waals surface area contributed by atoms with Gasteiger partial charge in [0.2, 0.25) is 0 Å². The first-order valence-corrected chi connectivity index (χ1v) is 5.12. The molecule has 0 atom stereocenters. The second-order valence-electron chi connectivity index (χ2n) is 3.41. The van der Waals surface area contributed by atoms with Gasteiger partial charge in [0.1, 0.15) is 0 Å². The molecular formula is C14H10O3. The molecule has 0 spiro atoms. The highest BCUT2D eigenvalue weighted by Gasteiger charge is 2.12. The van der Waals surface area contributed by atoms with E-state index in [0.29, 0.717) is 5.56 Å². The topological polar surface area (TPSA) is 43.4 Å². The maximum Gasteiger partial charge on any atom is 0.346 e. The summed E-state index contributed by atoms with van der Waals surface area (Å²) in [5.74, 6) is -0.639. The minimum atomic E-state index is -0.639. The number of rotatable bonds is 3. The zero-order valence-electron chi connectivity index (χ0n) is 9.00. The molecule has 0 heterocycles. The highest BCUT2D eigenvalue weighted by atomic mass is 16.6. The van der Waals surface area contributed by atoms with Gasteiger partial charge in [0.25, 0.3) is 0 Å². The van der Waals surface area contributed by atoms with E-state index in [1.165, 1.54) is 0 Å². The largest absolute Gasteiger partial charge is 0.392 e. The summed E-state index contributed by atoms with van der Waals surface area (Å²) in [6.45, 7) is 0.143.